The van der Waals surface area contributed by atoms with Gasteiger partial charge in [-0.05, 0) is 15.9 Å². The fraction of sp³-hybridized carbons (Fsp3) is 0.250. The standard InChI is InChI=1S/C8H5BrF2N2O/c9-6-4(8(10)11)3-13-5(1-2-12)7(6)14/h3,8,14H,1H2. The SMILES string of the molecule is N#CCc1ncc(C(F)F)c(Br)c1O. The molecule has 0 bridgehead atoms. The fourth-order valence-corrected chi connectivity index (χ4v) is 1.39. The zero-order chi connectivity index (χ0) is 10.7. The molecule has 0 aliphatic rings. The first-order chi connectivity index (χ1) is 6.57. The Morgan fingerprint density at radius 3 is 2.79 bits per heavy atom. The molecule has 0 amide bonds. The second kappa shape index (κ2) is 4.33. The summed E-state index contributed by atoms with van der Waals surface area (Å²) >= 11 is 2.82. The molecule has 0 aliphatic carbocycles. The van der Waals surface area contributed by atoms with Crippen molar-refractivity contribution in [2.24, 2.45) is 0 Å². The molecule has 0 aliphatic heterocycles. The molecule has 1 aromatic heterocycles. The summed E-state index contributed by atoms with van der Waals surface area (Å²) in [5, 5.41) is 17.7. The summed E-state index contributed by atoms with van der Waals surface area (Å²) in [6, 6.07) is 1.77. The molecule has 0 fully saturated rings. The monoisotopic (exact) mass is 262 g/mol. The Bertz CT molecular complexity index is 390. The van der Waals surface area contributed by atoms with Gasteiger partial charge in [0, 0.05) is 6.20 Å². The van der Waals surface area contributed by atoms with Crippen LogP contribution in [0.2, 0.25) is 0 Å². The third kappa shape index (κ3) is 1.99. The van der Waals surface area contributed by atoms with Gasteiger partial charge in [-0.25, -0.2) is 8.78 Å². The quantitative estimate of drug-likeness (QED) is 0.891. The lowest BCUT2D eigenvalue weighted by Gasteiger charge is -2.06. The van der Waals surface area contributed by atoms with E-state index in [2.05, 4.69) is 20.9 Å². The summed E-state index contributed by atoms with van der Waals surface area (Å²) < 4.78 is 24.5. The van der Waals surface area contributed by atoms with E-state index in [0.29, 0.717) is 0 Å². The lowest BCUT2D eigenvalue weighted by atomic mass is 10.2. The third-order valence-corrected chi connectivity index (χ3v) is 2.41. The van der Waals surface area contributed by atoms with Crippen molar-refractivity contribution in [3.8, 4) is 11.8 Å². The average molecular weight is 263 g/mol. The van der Waals surface area contributed by atoms with Crippen LogP contribution in [0.25, 0.3) is 0 Å². The van der Waals surface area contributed by atoms with Crippen molar-refractivity contribution in [2.75, 3.05) is 0 Å². The molecule has 14 heavy (non-hydrogen) atoms. The van der Waals surface area contributed by atoms with Gasteiger partial charge >= 0.3 is 0 Å². The minimum atomic E-state index is -2.71. The summed E-state index contributed by atoms with van der Waals surface area (Å²) in [5.41, 5.74) is -0.298. The number of nitrogens with zero attached hydrogens (tertiary/aromatic N) is 2. The normalized spacial score (nSPS) is 10.2. The highest BCUT2D eigenvalue weighted by Gasteiger charge is 2.17. The largest absolute Gasteiger partial charge is 0.505 e. The molecule has 0 unspecified atom stereocenters. The first-order valence-corrected chi connectivity index (χ1v) is 4.38. The van der Waals surface area contributed by atoms with Gasteiger partial charge < -0.3 is 5.11 Å². The molecule has 1 heterocycles. The Kier molecular flexibility index (Phi) is 3.36. The molecule has 74 valence electrons. The number of hydrogen-bond acceptors (Lipinski definition) is 3. The van der Waals surface area contributed by atoms with E-state index in [1.165, 1.54) is 0 Å². The smallest absolute Gasteiger partial charge is 0.266 e. The van der Waals surface area contributed by atoms with Crippen LogP contribution in [0.4, 0.5) is 8.78 Å². The van der Waals surface area contributed by atoms with Crippen molar-refractivity contribution in [2.45, 2.75) is 12.8 Å². The third-order valence-electron chi connectivity index (χ3n) is 1.58. The summed E-state index contributed by atoms with van der Waals surface area (Å²) in [5.74, 6) is -0.399. The van der Waals surface area contributed by atoms with Gasteiger partial charge in [0.15, 0.2) is 5.75 Å². The Hall–Kier alpha value is -1.22. The number of rotatable bonds is 2. The molecule has 0 spiro atoms. The highest BCUT2D eigenvalue weighted by molar-refractivity contribution is 9.10. The van der Waals surface area contributed by atoms with E-state index in [4.69, 9.17) is 5.26 Å². The Labute approximate surface area is 87.1 Å². The van der Waals surface area contributed by atoms with Crippen molar-refractivity contribution in [3.63, 3.8) is 0 Å². The highest BCUT2D eigenvalue weighted by atomic mass is 79.9. The maximum absolute atomic E-state index is 12.3. The molecular weight excluding hydrogens is 258 g/mol. The van der Waals surface area contributed by atoms with Crippen LogP contribution in [0, 0.1) is 11.3 Å². The molecule has 0 saturated carbocycles. The zero-order valence-corrected chi connectivity index (χ0v) is 8.42. The van der Waals surface area contributed by atoms with Crippen LogP contribution in [0.15, 0.2) is 10.7 Å². The van der Waals surface area contributed by atoms with E-state index in [0.717, 1.165) is 6.20 Å². The van der Waals surface area contributed by atoms with Crippen LogP contribution in [-0.4, -0.2) is 10.1 Å². The Morgan fingerprint density at radius 2 is 2.29 bits per heavy atom. The molecule has 0 atom stereocenters. The predicted molar refractivity (Wildman–Crippen MR) is 47.9 cm³/mol. The molecule has 3 nitrogen and oxygen atoms in total. The minimum Gasteiger partial charge on any atom is -0.505 e. The minimum absolute atomic E-state index is 0.0868. The number of aromatic nitrogens is 1. The van der Waals surface area contributed by atoms with Gasteiger partial charge in [0.1, 0.15) is 0 Å². The van der Waals surface area contributed by atoms with Crippen molar-refractivity contribution in [1.29, 1.82) is 5.26 Å². The van der Waals surface area contributed by atoms with Gasteiger partial charge in [0.05, 0.1) is 28.2 Å². The van der Waals surface area contributed by atoms with Crippen molar-refractivity contribution in [1.82, 2.24) is 4.98 Å². The Morgan fingerprint density at radius 1 is 1.64 bits per heavy atom. The second-order valence-corrected chi connectivity index (χ2v) is 3.25. The van der Waals surface area contributed by atoms with Crippen LogP contribution in [-0.2, 0) is 6.42 Å². The molecular formula is C8H5BrF2N2O. The lowest BCUT2D eigenvalue weighted by Crippen LogP contribution is -1.95. The molecule has 6 heteroatoms. The number of halogens is 3. The number of hydrogen-bond donors (Lipinski definition) is 1. The van der Waals surface area contributed by atoms with E-state index < -0.39 is 12.2 Å². The van der Waals surface area contributed by atoms with Crippen LogP contribution in [0.1, 0.15) is 17.7 Å². The summed E-state index contributed by atoms with van der Waals surface area (Å²) in [6.07, 6.45) is -1.88. The first-order valence-electron chi connectivity index (χ1n) is 3.59. The number of alkyl halides is 2. The molecule has 1 N–H and O–H groups in total. The molecule has 0 aromatic carbocycles. The molecule has 0 radical (unpaired) electrons. The Balaban J connectivity index is 3.20. The maximum Gasteiger partial charge on any atom is 0.266 e. The van der Waals surface area contributed by atoms with Crippen molar-refractivity contribution in [3.05, 3.63) is 21.9 Å². The van der Waals surface area contributed by atoms with E-state index in [-0.39, 0.29) is 22.2 Å². The zero-order valence-electron chi connectivity index (χ0n) is 6.84. The molecule has 1 rings (SSSR count). The van der Waals surface area contributed by atoms with Gasteiger partial charge in [0.2, 0.25) is 0 Å². The first kappa shape index (κ1) is 10.9. The van der Waals surface area contributed by atoms with E-state index in [1.54, 1.807) is 6.07 Å². The van der Waals surface area contributed by atoms with Crippen molar-refractivity contribution < 1.29 is 13.9 Å². The highest BCUT2D eigenvalue weighted by Crippen LogP contribution is 2.35. The van der Waals surface area contributed by atoms with Gasteiger partial charge in [-0.15, -0.1) is 0 Å². The predicted octanol–water partition coefficient (Wildman–Crippen LogP) is 2.55. The van der Waals surface area contributed by atoms with E-state index in [1.807, 2.05) is 0 Å². The fourth-order valence-electron chi connectivity index (χ4n) is 0.885. The number of pyridine rings is 1. The summed E-state index contributed by atoms with van der Waals surface area (Å²) in [4.78, 5) is 3.57. The van der Waals surface area contributed by atoms with E-state index in [9.17, 15) is 13.9 Å². The van der Waals surface area contributed by atoms with Gasteiger partial charge in [0.25, 0.3) is 6.43 Å². The number of aromatic hydroxyl groups is 1. The van der Waals surface area contributed by atoms with Crippen LogP contribution in [0.5, 0.6) is 5.75 Å². The summed E-state index contributed by atoms with van der Waals surface area (Å²) in [7, 11) is 0. The average Bonchev–Trinajstić information content (AvgIpc) is 2.13. The van der Waals surface area contributed by atoms with E-state index >= 15 is 0 Å². The second-order valence-electron chi connectivity index (χ2n) is 2.46. The van der Waals surface area contributed by atoms with Crippen LogP contribution < -0.4 is 0 Å². The van der Waals surface area contributed by atoms with Crippen LogP contribution >= 0.6 is 15.9 Å². The molecule has 1 aromatic rings. The maximum atomic E-state index is 12.3. The van der Waals surface area contributed by atoms with Gasteiger partial charge in [-0.3, -0.25) is 4.98 Å². The topological polar surface area (TPSA) is 56.9 Å². The lowest BCUT2D eigenvalue weighted by molar-refractivity contribution is 0.149. The van der Waals surface area contributed by atoms with Crippen LogP contribution in [0.3, 0.4) is 0 Å². The van der Waals surface area contributed by atoms with Gasteiger partial charge in [-0.2, -0.15) is 5.26 Å². The van der Waals surface area contributed by atoms with Gasteiger partial charge in [-0.1, -0.05) is 0 Å². The molecule has 0 saturated heterocycles. The number of nitriles is 1. The van der Waals surface area contributed by atoms with Crippen molar-refractivity contribution >= 4 is 15.9 Å². The summed E-state index contributed by atoms with van der Waals surface area (Å²) in [6.45, 7) is 0.